The molecule has 0 aliphatic carbocycles. The van der Waals surface area contributed by atoms with E-state index in [2.05, 4.69) is 51.6 Å². The summed E-state index contributed by atoms with van der Waals surface area (Å²) in [6.45, 7) is 13.0. The van der Waals surface area contributed by atoms with Crippen LogP contribution in [0.4, 0.5) is 0 Å². The molecule has 124 valence electrons. The Bertz CT molecular complexity index is 359. The lowest BCUT2D eigenvalue weighted by Crippen LogP contribution is -2.65. The van der Waals surface area contributed by atoms with E-state index in [9.17, 15) is 0 Å². The predicted molar refractivity (Wildman–Crippen MR) is 88.5 cm³/mol. The van der Waals surface area contributed by atoms with Gasteiger partial charge in [-0.25, -0.2) is 0 Å². The van der Waals surface area contributed by atoms with Gasteiger partial charge in [0.25, 0.3) is 0 Å². The molecule has 1 unspecified atom stereocenters. The summed E-state index contributed by atoms with van der Waals surface area (Å²) < 4.78 is 6.36. The fourth-order valence-electron chi connectivity index (χ4n) is 4.74. The maximum Gasteiger partial charge on any atom is 0.0830 e. The van der Waals surface area contributed by atoms with Crippen LogP contribution < -0.4 is 5.73 Å². The Hall–Kier alpha value is -0.160. The number of nitrogens with zero attached hydrogens (tertiary/aromatic N) is 2. The molecule has 2 aliphatic heterocycles. The van der Waals surface area contributed by atoms with E-state index in [1.807, 2.05) is 0 Å². The van der Waals surface area contributed by atoms with Crippen LogP contribution in [0.25, 0.3) is 0 Å². The van der Waals surface area contributed by atoms with Gasteiger partial charge in [0, 0.05) is 13.1 Å². The predicted octanol–water partition coefficient (Wildman–Crippen LogP) is 1.94. The lowest BCUT2D eigenvalue weighted by Gasteiger charge is -2.50. The Morgan fingerprint density at radius 3 is 2.10 bits per heavy atom. The molecule has 2 rings (SSSR count). The molecular weight excluding hydrogens is 262 g/mol. The van der Waals surface area contributed by atoms with Gasteiger partial charge < -0.3 is 15.4 Å². The molecule has 0 aromatic rings. The van der Waals surface area contributed by atoms with Gasteiger partial charge in [0.05, 0.1) is 16.7 Å². The molecule has 2 N–H and O–H groups in total. The highest BCUT2D eigenvalue weighted by Crippen LogP contribution is 2.48. The normalized spacial score (nSPS) is 33.7. The first kappa shape index (κ1) is 17.2. The van der Waals surface area contributed by atoms with E-state index in [-0.39, 0.29) is 16.7 Å². The zero-order chi connectivity index (χ0) is 15.9. The number of hydrogen-bond acceptors (Lipinski definition) is 4. The molecular formula is C17H35N3O. The number of likely N-dealkylation sites (tertiary alicyclic amines) is 1. The summed E-state index contributed by atoms with van der Waals surface area (Å²) in [6.07, 6.45) is 3.58. The minimum atomic E-state index is -0.181. The van der Waals surface area contributed by atoms with Gasteiger partial charge in [-0.05, 0) is 80.1 Å². The summed E-state index contributed by atoms with van der Waals surface area (Å²) in [7, 11) is 4.34. The Morgan fingerprint density at radius 1 is 1.14 bits per heavy atom. The third kappa shape index (κ3) is 3.29. The van der Waals surface area contributed by atoms with Crippen LogP contribution in [0.3, 0.4) is 0 Å². The van der Waals surface area contributed by atoms with E-state index < -0.39 is 0 Å². The van der Waals surface area contributed by atoms with Crippen LogP contribution in [0.15, 0.2) is 0 Å². The molecule has 4 nitrogen and oxygen atoms in total. The zero-order valence-electron chi connectivity index (χ0n) is 14.9. The van der Waals surface area contributed by atoms with E-state index in [1.165, 1.54) is 19.4 Å². The lowest BCUT2D eigenvalue weighted by atomic mass is 9.76. The molecule has 1 atom stereocenters. The maximum absolute atomic E-state index is 6.36. The minimum Gasteiger partial charge on any atom is -0.368 e. The third-order valence-electron chi connectivity index (χ3n) is 5.55. The first-order valence-electron chi connectivity index (χ1n) is 8.42. The van der Waals surface area contributed by atoms with Crippen LogP contribution in [0.1, 0.15) is 47.0 Å². The van der Waals surface area contributed by atoms with Gasteiger partial charge in [0.2, 0.25) is 0 Å². The third-order valence-corrected chi connectivity index (χ3v) is 5.55. The highest BCUT2D eigenvalue weighted by molar-refractivity contribution is 5.13. The van der Waals surface area contributed by atoms with Crippen molar-refractivity contribution in [1.29, 1.82) is 0 Å². The van der Waals surface area contributed by atoms with E-state index >= 15 is 0 Å². The number of rotatable bonds is 4. The van der Waals surface area contributed by atoms with Crippen molar-refractivity contribution < 1.29 is 4.74 Å². The van der Waals surface area contributed by atoms with Crippen molar-refractivity contribution >= 4 is 0 Å². The van der Waals surface area contributed by atoms with Gasteiger partial charge in [-0.2, -0.15) is 0 Å². The molecule has 0 spiro atoms. The molecule has 2 aliphatic rings. The maximum atomic E-state index is 6.36. The molecule has 2 heterocycles. The molecule has 0 saturated carbocycles. The highest BCUT2D eigenvalue weighted by atomic mass is 16.5. The standard InChI is InChI=1S/C17H35N3O/c1-15(2)12-17(13-18,16(3,4)21-15)20-9-7-14(8-10-20)11-19(5)6/h14H,7-13,18H2,1-6H3. The summed E-state index contributed by atoms with van der Waals surface area (Å²) in [5, 5.41) is 0. The summed E-state index contributed by atoms with van der Waals surface area (Å²) in [4.78, 5) is 4.94. The van der Waals surface area contributed by atoms with Gasteiger partial charge in [-0.3, -0.25) is 4.90 Å². The monoisotopic (exact) mass is 297 g/mol. The number of hydrogen-bond donors (Lipinski definition) is 1. The van der Waals surface area contributed by atoms with Gasteiger partial charge >= 0.3 is 0 Å². The van der Waals surface area contributed by atoms with Gasteiger partial charge in [0.15, 0.2) is 0 Å². The van der Waals surface area contributed by atoms with Crippen LogP contribution in [0.2, 0.25) is 0 Å². The van der Waals surface area contributed by atoms with Gasteiger partial charge in [-0.1, -0.05) is 0 Å². The summed E-state index contributed by atoms with van der Waals surface area (Å²) in [5.41, 5.74) is 6.01. The number of piperidine rings is 1. The first-order chi connectivity index (χ1) is 9.62. The van der Waals surface area contributed by atoms with Crippen molar-refractivity contribution in [2.75, 3.05) is 40.3 Å². The van der Waals surface area contributed by atoms with Crippen molar-refractivity contribution in [3.05, 3.63) is 0 Å². The lowest BCUT2D eigenvalue weighted by molar-refractivity contribution is -0.108. The molecule has 4 heteroatoms. The molecule has 2 fully saturated rings. The van der Waals surface area contributed by atoms with Crippen molar-refractivity contribution in [3.63, 3.8) is 0 Å². The smallest absolute Gasteiger partial charge is 0.0830 e. The first-order valence-corrected chi connectivity index (χ1v) is 8.42. The summed E-state index contributed by atoms with van der Waals surface area (Å²) in [6, 6.07) is 0. The average Bonchev–Trinajstić information content (AvgIpc) is 2.54. The molecule has 0 aromatic heterocycles. The van der Waals surface area contributed by atoms with Crippen LogP contribution in [-0.4, -0.2) is 66.8 Å². The summed E-state index contributed by atoms with van der Waals surface area (Å²) >= 11 is 0. The van der Waals surface area contributed by atoms with Gasteiger partial charge in [-0.15, -0.1) is 0 Å². The molecule has 0 radical (unpaired) electrons. The zero-order valence-corrected chi connectivity index (χ0v) is 14.9. The number of nitrogens with two attached hydrogens (primary N) is 1. The molecule has 2 saturated heterocycles. The fraction of sp³-hybridized carbons (Fsp3) is 1.00. The molecule has 21 heavy (non-hydrogen) atoms. The second-order valence-electron chi connectivity index (χ2n) is 8.48. The van der Waals surface area contributed by atoms with Crippen LogP contribution in [-0.2, 0) is 4.74 Å². The Morgan fingerprint density at radius 2 is 1.71 bits per heavy atom. The van der Waals surface area contributed by atoms with Crippen molar-refractivity contribution in [3.8, 4) is 0 Å². The van der Waals surface area contributed by atoms with E-state index in [0.29, 0.717) is 6.54 Å². The minimum absolute atomic E-state index is 0.0143. The highest BCUT2D eigenvalue weighted by Gasteiger charge is 2.59. The molecule has 0 bridgehead atoms. The van der Waals surface area contributed by atoms with Crippen molar-refractivity contribution in [2.24, 2.45) is 11.7 Å². The van der Waals surface area contributed by atoms with Gasteiger partial charge in [0.1, 0.15) is 0 Å². The fourth-order valence-corrected chi connectivity index (χ4v) is 4.74. The molecule has 0 amide bonds. The second-order valence-corrected chi connectivity index (χ2v) is 8.48. The Balaban J connectivity index is 2.09. The Labute approximate surface area is 131 Å². The van der Waals surface area contributed by atoms with E-state index in [0.717, 1.165) is 25.4 Å². The average molecular weight is 297 g/mol. The second kappa shape index (κ2) is 5.80. The SMILES string of the molecule is CN(C)CC1CCN(C2(CN)CC(C)(C)OC2(C)C)CC1. The summed E-state index contributed by atoms with van der Waals surface area (Å²) in [5.74, 6) is 0.824. The molecule has 0 aromatic carbocycles. The van der Waals surface area contributed by atoms with Crippen molar-refractivity contribution in [1.82, 2.24) is 9.80 Å². The van der Waals surface area contributed by atoms with E-state index in [1.54, 1.807) is 0 Å². The van der Waals surface area contributed by atoms with Crippen LogP contribution in [0.5, 0.6) is 0 Å². The van der Waals surface area contributed by atoms with E-state index in [4.69, 9.17) is 10.5 Å². The largest absolute Gasteiger partial charge is 0.368 e. The number of ether oxygens (including phenoxy) is 1. The van der Waals surface area contributed by atoms with Crippen molar-refractivity contribution in [2.45, 2.75) is 63.7 Å². The van der Waals surface area contributed by atoms with Crippen LogP contribution in [0, 0.1) is 5.92 Å². The topological polar surface area (TPSA) is 41.7 Å². The Kier molecular flexibility index (Phi) is 4.75. The quantitative estimate of drug-likeness (QED) is 0.861. The van der Waals surface area contributed by atoms with Crippen LogP contribution >= 0.6 is 0 Å².